The number of benzene rings is 1. The molecule has 2 nitrogen and oxygen atoms in total. The van der Waals surface area contributed by atoms with E-state index in [0.29, 0.717) is 5.69 Å². The van der Waals surface area contributed by atoms with Crippen molar-refractivity contribution in [1.82, 2.24) is 0 Å². The number of hydrogen-bond donors (Lipinski definition) is 1. The highest BCUT2D eigenvalue weighted by molar-refractivity contribution is 7.99. The quantitative estimate of drug-likeness (QED) is 0.885. The number of nitrogens with zero attached hydrogens (tertiary/aromatic N) is 1. The maximum atomic E-state index is 12.6. The predicted octanol–water partition coefficient (Wildman–Crippen LogP) is 4.13. The summed E-state index contributed by atoms with van der Waals surface area (Å²) in [5.74, 6) is 1.85. The topological polar surface area (TPSA) is 35.8 Å². The van der Waals surface area contributed by atoms with Gasteiger partial charge in [-0.25, -0.2) is 0 Å². The molecule has 0 saturated carbocycles. The van der Waals surface area contributed by atoms with E-state index in [1.807, 2.05) is 13.8 Å². The number of nitrogens with one attached hydrogen (secondary N) is 1. The van der Waals surface area contributed by atoms with Gasteiger partial charge in [0.25, 0.3) is 0 Å². The molecule has 0 radical (unpaired) electrons. The van der Waals surface area contributed by atoms with E-state index in [-0.39, 0.29) is 11.6 Å². The fourth-order valence-electron chi connectivity index (χ4n) is 1.59. The van der Waals surface area contributed by atoms with Crippen LogP contribution in [-0.2, 0) is 6.18 Å². The molecule has 0 aliphatic rings. The summed E-state index contributed by atoms with van der Waals surface area (Å²) in [5.41, 5.74) is -0.710. The van der Waals surface area contributed by atoms with Crippen molar-refractivity contribution in [2.75, 3.05) is 16.8 Å². The van der Waals surface area contributed by atoms with Gasteiger partial charge in [-0.05, 0) is 30.9 Å². The van der Waals surface area contributed by atoms with Crippen molar-refractivity contribution in [3.8, 4) is 6.07 Å². The van der Waals surface area contributed by atoms with Crippen LogP contribution in [0, 0.1) is 11.3 Å². The van der Waals surface area contributed by atoms with Gasteiger partial charge in [0.15, 0.2) is 0 Å². The van der Waals surface area contributed by atoms with Crippen LogP contribution < -0.4 is 5.32 Å². The molecule has 104 valence electrons. The summed E-state index contributed by atoms with van der Waals surface area (Å²) in [7, 11) is 0. The molecular weight excluding hydrogens is 273 g/mol. The average Bonchev–Trinajstić information content (AvgIpc) is 2.34. The lowest BCUT2D eigenvalue weighted by Crippen LogP contribution is -2.18. The number of halogens is 3. The van der Waals surface area contributed by atoms with Gasteiger partial charge in [-0.2, -0.15) is 30.2 Å². The molecule has 1 aromatic rings. The molecule has 0 aliphatic carbocycles. The number of nitriles is 1. The minimum absolute atomic E-state index is 0.133. The van der Waals surface area contributed by atoms with E-state index in [1.54, 1.807) is 17.8 Å². The Labute approximate surface area is 115 Å². The summed E-state index contributed by atoms with van der Waals surface area (Å²) in [6.45, 7) is 4.00. The van der Waals surface area contributed by atoms with Gasteiger partial charge >= 0.3 is 6.18 Å². The first-order valence-electron chi connectivity index (χ1n) is 5.84. The Bertz CT molecular complexity index is 466. The Balaban J connectivity index is 2.87. The Hall–Kier alpha value is -1.35. The van der Waals surface area contributed by atoms with E-state index in [0.717, 1.165) is 17.6 Å². The molecule has 0 aromatic heterocycles. The van der Waals surface area contributed by atoms with Gasteiger partial charge < -0.3 is 5.32 Å². The number of hydrogen-bond acceptors (Lipinski definition) is 3. The standard InChI is InChI=1S/C13H15F3N2S/c1-3-19-8-9(2)18-11-4-5-12(13(14,15)16)10(6-11)7-17/h4-6,9,18H,3,8H2,1-2H3. The van der Waals surface area contributed by atoms with E-state index in [9.17, 15) is 13.2 Å². The van der Waals surface area contributed by atoms with Crippen LogP contribution in [0.25, 0.3) is 0 Å². The van der Waals surface area contributed by atoms with Gasteiger partial charge in [0.2, 0.25) is 0 Å². The molecule has 0 amide bonds. The van der Waals surface area contributed by atoms with Gasteiger partial charge in [0.1, 0.15) is 0 Å². The second kappa shape index (κ2) is 6.71. The van der Waals surface area contributed by atoms with E-state index in [4.69, 9.17) is 5.26 Å². The molecule has 0 saturated heterocycles. The smallest absolute Gasteiger partial charge is 0.382 e. The molecule has 1 N–H and O–H groups in total. The first-order chi connectivity index (χ1) is 8.88. The number of anilines is 1. The molecule has 6 heteroatoms. The van der Waals surface area contributed by atoms with Crippen LogP contribution >= 0.6 is 11.8 Å². The second-order valence-electron chi connectivity index (χ2n) is 4.07. The molecular formula is C13H15F3N2S. The zero-order valence-corrected chi connectivity index (χ0v) is 11.5. The fraction of sp³-hybridized carbons (Fsp3) is 0.462. The lowest BCUT2D eigenvalue weighted by Gasteiger charge is -2.16. The third kappa shape index (κ3) is 4.67. The molecule has 1 aromatic carbocycles. The van der Waals surface area contributed by atoms with Crippen LogP contribution in [0.1, 0.15) is 25.0 Å². The van der Waals surface area contributed by atoms with Crippen LogP contribution in [0.15, 0.2) is 18.2 Å². The van der Waals surface area contributed by atoms with Crippen molar-refractivity contribution >= 4 is 17.4 Å². The van der Waals surface area contributed by atoms with Crippen molar-refractivity contribution in [3.63, 3.8) is 0 Å². The summed E-state index contributed by atoms with van der Waals surface area (Å²) in [6, 6.07) is 5.28. The molecule has 1 unspecified atom stereocenters. The molecule has 1 atom stereocenters. The molecule has 0 spiro atoms. The highest BCUT2D eigenvalue weighted by Gasteiger charge is 2.33. The first kappa shape index (κ1) is 15.7. The van der Waals surface area contributed by atoms with Crippen LogP contribution in [0.4, 0.5) is 18.9 Å². The number of thioether (sulfide) groups is 1. The zero-order valence-electron chi connectivity index (χ0n) is 10.7. The largest absolute Gasteiger partial charge is 0.417 e. The zero-order chi connectivity index (χ0) is 14.5. The summed E-state index contributed by atoms with van der Waals surface area (Å²) in [4.78, 5) is 0. The summed E-state index contributed by atoms with van der Waals surface area (Å²) in [6.07, 6.45) is -4.49. The summed E-state index contributed by atoms with van der Waals surface area (Å²) in [5, 5.41) is 11.9. The predicted molar refractivity (Wildman–Crippen MR) is 72.2 cm³/mol. The number of rotatable bonds is 5. The van der Waals surface area contributed by atoms with E-state index >= 15 is 0 Å². The molecule has 0 aliphatic heterocycles. The maximum Gasteiger partial charge on any atom is 0.417 e. The SMILES string of the molecule is CCSCC(C)Nc1ccc(C(F)(F)F)c(C#N)c1. The van der Waals surface area contributed by atoms with Crippen LogP contribution in [0.5, 0.6) is 0 Å². The van der Waals surface area contributed by atoms with E-state index in [2.05, 4.69) is 5.32 Å². The van der Waals surface area contributed by atoms with Crippen molar-refractivity contribution in [2.24, 2.45) is 0 Å². The van der Waals surface area contributed by atoms with Crippen LogP contribution in [-0.4, -0.2) is 17.5 Å². The maximum absolute atomic E-state index is 12.6. The molecule has 1 rings (SSSR count). The van der Waals surface area contributed by atoms with Crippen LogP contribution in [0.2, 0.25) is 0 Å². The van der Waals surface area contributed by atoms with Gasteiger partial charge in [-0.15, -0.1) is 0 Å². The van der Waals surface area contributed by atoms with Crippen molar-refractivity contribution in [1.29, 1.82) is 5.26 Å². The van der Waals surface area contributed by atoms with Gasteiger partial charge in [0, 0.05) is 17.5 Å². The first-order valence-corrected chi connectivity index (χ1v) is 6.99. The number of alkyl halides is 3. The Kier molecular flexibility index (Phi) is 5.55. The Morgan fingerprint density at radius 3 is 2.63 bits per heavy atom. The Morgan fingerprint density at radius 1 is 1.42 bits per heavy atom. The third-order valence-corrected chi connectivity index (χ3v) is 3.57. The third-order valence-electron chi connectivity index (χ3n) is 2.43. The monoisotopic (exact) mass is 288 g/mol. The Morgan fingerprint density at radius 2 is 2.11 bits per heavy atom. The second-order valence-corrected chi connectivity index (χ2v) is 5.39. The fourth-order valence-corrected chi connectivity index (χ4v) is 2.27. The summed E-state index contributed by atoms with van der Waals surface area (Å²) >= 11 is 1.75. The molecule has 0 bridgehead atoms. The molecule has 0 heterocycles. The molecule has 19 heavy (non-hydrogen) atoms. The molecule has 0 fully saturated rings. The van der Waals surface area contributed by atoms with Gasteiger partial charge in [0.05, 0.1) is 17.2 Å². The summed E-state index contributed by atoms with van der Waals surface area (Å²) < 4.78 is 37.9. The lowest BCUT2D eigenvalue weighted by molar-refractivity contribution is -0.137. The van der Waals surface area contributed by atoms with Crippen LogP contribution in [0.3, 0.4) is 0 Å². The van der Waals surface area contributed by atoms with E-state index in [1.165, 1.54) is 12.1 Å². The van der Waals surface area contributed by atoms with E-state index < -0.39 is 11.7 Å². The minimum atomic E-state index is -4.49. The average molecular weight is 288 g/mol. The highest BCUT2D eigenvalue weighted by atomic mass is 32.2. The lowest BCUT2D eigenvalue weighted by atomic mass is 10.1. The van der Waals surface area contributed by atoms with Crippen molar-refractivity contribution in [3.05, 3.63) is 29.3 Å². The van der Waals surface area contributed by atoms with Gasteiger partial charge in [-0.3, -0.25) is 0 Å². The normalized spacial score (nSPS) is 12.8. The highest BCUT2D eigenvalue weighted by Crippen LogP contribution is 2.33. The minimum Gasteiger partial charge on any atom is -0.382 e. The van der Waals surface area contributed by atoms with Crippen molar-refractivity contribution < 1.29 is 13.2 Å². The van der Waals surface area contributed by atoms with Gasteiger partial charge in [-0.1, -0.05) is 6.92 Å². The van der Waals surface area contributed by atoms with Crippen molar-refractivity contribution in [2.45, 2.75) is 26.1 Å².